The van der Waals surface area contributed by atoms with Crippen LogP contribution in [0.1, 0.15) is 39.0 Å². The van der Waals surface area contributed by atoms with E-state index in [1.54, 1.807) is 0 Å². The van der Waals surface area contributed by atoms with Crippen LogP contribution in [0.25, 0.3) is 0 Å². The van der Waals surface area contributed by atoms with E-state index in [1.807, 2.05) is 0 Å². The lowest BCUT2D eigenvalue weighted by Gasteiger charge is -2.16. The number of amides is 2. The molecule has 0 aliphatic rings. The highest BCUT2D eigenvalue weighted by molar-refractivity contribution is 14.1. The second kappa shape index (κ2) is 12.2. The summed E-state index contributed by atoms with van der Waals surface area (Å²) in [5.41, 5.74) is 0. The summed E-state index contributed by atoms with van der Waals surface area (Å²) in [5, 5.41) is 6.73. The monoisotopic (exact) mass is 432 g/mol. The van der Waals surface area contributed by atoms with Crippen molar-refractivity contribution in [3.63, 3.8) is 0 Å². The summed E-state index contributed by atoms with van der Waals surface area (Å²) in [6.07, 6.45) is 4.20. The largest absolute Gasteiger partial charge is 0.356 e. The Labute approximate surface area is 131 Å². The molecule has 0 radical (unpaired) electrons. The van der Waals surface area contributed by atoms with Gasteiger partial charge in [0.2, 0.25) is 11.8 Å². The van der Waals surface area contributed by atoms with Gasteiger partial charge in [0, 0.05) is 24.3 Å². The fourth-order valence-corrected chi connectivity index (χ4v) is 2.04. The van der Waals surface area contributed by atoms with Crippen molar-refractivity contribution in [2.75, 3.05) is 16.3 Å². The Balaban J connectivity index is 3.61. The van der Waals surface area contributed by atoms with Crippen LogP contribution in [0.3, 0.4) is 0 Å². The minimum absolute atomic E-state index is 0.0869. The molecule has 4 nitrogen and oxygen atoms in total. The van der Waals surface area contributed by atoms with Crippen LogP contribution in [-0.4, -0.2) is 34.2 Å². The highest BCUT2D eigenvalue weighted by atomic mass is 127. The molecule has 0 heterocycles. The zero-order valence-electron chi connectivity index (χ0n) is 10.8. The van der Waals surface area contributed by atoms with Crippen LogP contribution in [0.5, 0.6) is 0 Å². The summed E-state index contributed by atoms with van der Waals surface area (Å²) < 4.78 is 0.498. The van der Waals surface area contributed by atoms with E-state index in [0.717, 1.165) is 31.0 Å². The van der Waals surface area contributed by atoms with E-state index in [-0.39, 0.29) is 17.9 Å². The number of hydrogen-bond acceptors (Lipinski definition) is 2. The van der Waals surface area contributed by atoms with Crippen LogP contribution in [0.15, 0.2) is 0 Å². The molecule has 1 atom stereocenters. The van der Waals surface area contributed by atoms with E-state index in [1.165, 1.54) is 0 Å². The highest BCUT2D eigenvalue weighted by Gasteiger charge is 2.09. The van der Waals surface area contributed by atoms with Gasteiger partial charge in [0.15, 0.2) is 0 Å². The van der Waals surface area contributed by atoms with Crippen LogP contribution < -0.4 is 10.6 Å². The van der Waals surface area contributed by atoms with Crippen molar-refractivity contribution in [1.29, 1.82) is 0 Å². The molecule has 0 aliphatic carbocycles. The predicted octanol–water partition coefficient (Wildman–Crippen LogP) is 2.39. The maximum Gasteiger partial charge on any atom is 0.230 e. The Bertz CT molecular complexity index is 252. The second-order valence-electron chi connectivity index (χ2n) is 4.09. The van der Waals surface area contributed by atoms with E-state index in [9.17, 15) is 9.59 Å². The van der Waals surface area contributed by atoms with Crippen molar-refractivity contribution >= 4 is 50.3 Å². The molecular weight excluding hydrogens is 411 g/mol. The third-order valence-electron chi connectivity index (χ3n) is 2.57. The Morgan fingerprint density at radius 1 is 1.28 bits per heavy atom. The van der Waals surface area contributed by atoms with Gasteiger partial charge in [-0.05, 0) is 25.7 Å². The van der Waals surface area contributed by atoms with Gasteiger partial charge in [0.1, 0.15) is 0 Å². The van der Waals surface area contributed by atoms with Crippen molar-refractivity contribution < 1.29 is 9.59 Å². The summed E-state index contributed by atoms with van der Waals surface area (Å²) in [6.45, 7) is 2.75. The maximum absolute atomic E-state index is 11.3. The lowest BCUT2D eigenvalue weighted by atomic mass is 10.1. The molecule has 0 aromatic carbocycles. The average Bonchev–Trinajstić information content (AvgIpc) is 2.39. The minimum Gasteiger partial charge on any atom is -0.356 e. The number of rotatable bonds is 10. The molecule has 2 N–H and O–H groups in total. The zero-order valence-corrected chi connectivity index (χ0v) is 14.6. The second-order valence-corrected chi connectivity index (χ2v) is 5.65. The molecule has 0 aliphatic heterocycles. The van der Waals surface area contributed by atoms with Gasteiger partial charge in [0.25, 0.3) is 0 Å². The van der Waals surface area contributed by atoms with Gasteiger partial charge in [-0.15, -0.1) is 0 Å². The highest BCUT2D eigenvalue weighted by Crippen LogP contribution is 2.02. The van der Waals surface area contributed by atoms with Crippen molar-refractivity contribution in [2.24, 2.45) is 0 Å². The van der Waals surface area contributed by atoms with Gasteiger partial charge in [-0.3, -0.25) is 9.59 Å². The fraction of sp³-hybridized carbons (Fsp3) is 0.833. The SMILES string of the molecule is CCC(CCCNC(=O)CCCBr)NC(=O)CI. The quantitative estimate of drug-likeness (QED) is 0.316. The number of carbonyl (C=O) groups excluding carboxylic acids is 2. The molecule has 0 fully saturated rings. The number of halogens is 2. The average molecular weight is 433 g/mol. The molecule has 2 amide bonds. The first-order chi connectivity index (χ1) is 8.63. The first-order valence-corrected chi connectivity index (χ1v) is 8.96. The molecule has 0 rings (SSSR count). The van der Waals surface area contributed by atoms with Gasteiger partial charge in [0.05, 0.1) is 4.43 Å². The van der Waals surface area contributed by atoms with Crippen LogP contribution in [0.4, 0.5) is 0 Å². The van der Waals surface area contributed by atoms with E-state index < -0.39 is 0 Å². The molecule has 0 aromatic rings. The topological polar surface area (TPSA) is 58.2 Å². The zero-order chi connectivity index (χ0) is 13.8. The number of hydrogen-bond donors (Lipinski definition) is 2. The van der Waals surface area contributed by atoms with Crippen LogP contribution in [0.2, 0.25) is 0 Å². The molecule has 0 spiro atoms. The molecule has 106 valence electrons. The maximum atomic E-state index is 11.3. The molecular formula is C12H22BrIN2O2. The van der Waals surface area contributed by atoms with E-state index >= 15 is 0 Å². The van der Waals surface area contributed by atoms with E-state index in [0.29, 0.717) is 17.4 Å². The van der Waals surface area contributed by atoms with Crippen molar-refractivity contribution in [3.8, 4) is 0 Å². The lowest BCUT2D eigenvalue weighted by Crippen LogP contribution is -2.35. The summed E-state index contributed by atoms with van der Waals surface area (Å²) in [6, 6.07) is 0.228. The van der Waals surface area contributed by atoms with Gasteiger partial charge in [-0.2, -0.15) is 0 Å². The summed E-state index contributed by atoms with van der Waals surface area (Å²) in [4.78, 5) is 22.6. The van der Waals surface area contributed by atoms with Crippen LogP contribution in [-0.2, 0) is 9.59 Å². The third-order valence-corrected chi connectivity index (χ3v) is 3.82. The van der Waals surface area contributed by atoms with Gasteiger partial charge >= 0.3 is 0 Å². The van der Waals surface area contributed by atoms with E-state index in [4.69, 9.17) is 0 Å². The molecule has 0 saturated heterocycles. The van der Waals surface area contributed by atoms with Gasteiger partial charge < -0.3 is 10.6 Å². The van der Waals surface area contributed by atoms with Crippen molar-refractivity contribution in [3.05, 3.63) is 0 Å². The Kier molecular flexibility index (Phi) is 12.3. The van der Waals surface area contributed by atoms with Crippen LogP contribution in [0, 0.1) is 0 Å². The van der Waals surface area contributed by atoms with E-state index in [2.05, 4.69) is 56.1 Å². The van der Waals surface area contributed by atoms with Gasteiger partial charge in [-0.1, -0.05) is 45.4 Å². The van der Waals surface area contributed by atoms with Crippen molar-refractivity contribution in [2.45, 2.75) is 45.1 Å². The van der Waals surface area contributed by atoms with Crippen molar-refractivity contribution in [1.82, 2.24) is 10.6 Å². The Morgan fingerprint density at radius 2 is 2.00 bits per heavy atom. The summed E-state index contributed by atoms with van der Waals surface area (Å²) in [5.74, 6) is 0.197. The molecule has 6 heteroatoms. The summed E-state index contributed by atoms with van der Waals surface area (Å²) >= 11 is 5.35. The minimum atomic E-state index is 0.0869. The smallest absolute Gasteiger partial charge is 0.230 e. The van der Waals surface area contributed by atoms with Crippen LogP contribution >= 0.6 is 38.5 Å². The molecule has 0 bridgehead atoms. The standard InChI is InChI=1S/C12H22BrIN2O2/c1-2-10(16-12(18)9-14)5-4-8-15-11(17)6-3-7-13/h10H,2-9H2,1H3,(H,15,17)(H,16,18). The fourth-order valence-electron chi connectivity index (χ4n) is 1.54. The molecule has 0 saturated carbocycles. The molecule has 1 unspecified atom stereocenters. The lowest BCUT2D eigenvalue weighted by molar-refractivity contribution is -0.121. The first-order valence-electron chi connectivity index (χ1n) is 6.32. The van der Waals surface area contributed by atoms with Gasteiger partial charge in [-0.25, -0.2) is 0 Å². The number of nitrogens with one attached hydrogen (secondary N) is 2. The number of alkyl halides is 2. The third kappa shape index (κ3) is 10.1. The predicted molar refractivity (Wildman–Crippen MR) is 86.4 cm³/mol. The first kappa shape index (κ1) is 18.1. The summed E-state index contributed by atoms with van der Waals surface area (Å²) in [7, 11) is 0. The Morgan fingerprint density at radius 3 is 2.56 bits per heavy atom. The molecule has 18 heavy (non-hydrogen) atoms. The Hall–Kier alpha value is 0.150. The molecule has 0 aromatic heterocycles. The number of carbonyl (C=O) groups is 2. The normalized spacial score (nSPS) is 11.9.